The first-order valence-electron chi connectivity index (χ1n) is 13.2. The van der Waals surface area contributed by atoms with Crippen LogP contribution in [-0.4, -0.2) is 50.6 Å². The molecule has 0 heterocycles. The lowest BCUT2D eigenvalue weighted by molar-refractivity contribution is -0.143. The van der Waals surface area contributed by atoms with Crippen molar-refractivity contribution >= 4 is 23.5 Å². The molecule has 0 spiro atoms. The van der Waals surface area contributed by atoms with E-state index in [1.54, 1.807) is 25.2 Å². The number of benzene rings is 3. The summed E-state index contributed by atoms with van der Waals surface area (Å²) in [5.41, 5.74) is 3.42. The van der Waals surface area contributed by atoms with Gasteiger partial charge in [-0.25, -0.2) is 0 Å². The summed E-state index contributed by atoms with van der Waals surface area (Å²) >= 11 is 0. The van der Waals surface area contributed by atoms with Crippen molar-refractivity contribution in [3.05, 3.63) is 101 Å². The Hall–Kier alpha value is -4.17. The minimum absolute atomic E-state index is 0.197. The Morgan fingerprint density at radius 3 is 2.00 bits per heavy atom. The van der Waals surface area contributed by atoms with E-state index in [4.69, 9.17) is 4.74 Å². The summed E-state index contributed by atoms with van der Waals surface area (Å²) in [6, 6.07) is 23.6. The first-order valence-corrected chi connectivity index (χ1v) is 13.2. The van der Waals surface area contributed by atoms with Crippen LogP contribution >= 0.6 is 0 Å². The molecule has 0 saturated carbocycles. The topological polar surface area (TPSA) is 109 Å². The standard InChI is InChI=1S/C31H38N4O4/c1-5-28(31(38)39-4)33-20-27(16-22-12-8-6-9-13-22)35-30(37)25-17-24(18-26(19-25)32-3)29(36)34-21(2)23-14-10-7-11-15-23/h6-15,17-19,21,27-28,32-33H,5,16,20H2,1-4H3,(H,34,36)(H,35,37)/t21-,27+,28+/m1/s1. The Labute approximate surface area is 230 Å². The Kier molecular flexibility index (Phi) is 11.1. The van der Waals surface area contributed by atoms with Gasteiger partial charge >= 0.3 is 5.97 Å². The molecule has 0 aliphatic rings. The van der Waals surface area contributed by atoms with Crippen molar-refractivity contribution in [2.75, 3.05) is 26.0 Å². The molecular weight excluding hydrogens is 492 g/mol. The van der Waals surface area contributed by atoms with E-state index in [1.807, 2.05) is 74.5 Å². The van der Waals surface area contributed by atoms with Gasteiger partial charge in [0.1, 0.15) is 6.04 Å². The summed E-state index contributed by atoms with van der Waals surface area (Å²) in [5, 5.41) is 12.4. The highest BCUT2D eigenvalue weighted by atomic mass is 16.5. The summed E-state index contributed by atoms with van der Waals surface area (Å²) in [7, 11) is 3.10. The lowest BCUT2D eigenvalue weighted by atomic mass is 10.0. The number of carbonyl (C=O) groups excluding carboxylic acids is 3. The maximum Gasteiger partial charge on any atom is 0.322 e. The Morgan fingerprint density at radius 2 is 1.44 bits per heavy atom. The number of amides is 2. The molecule has 8 nitrogen and oxygen atoms in total. The third-order valence-electron chi connectivity index (χ3n) is 6.56. The van der Waals surface area contributed by atoms with E-state index in [0.717, 1.165) is 11.1 Å². The smallest absolute Gasteiger partial charge is 0.322 e. The first kappa shape index (κ1) is 29.4. The molecule has 4 N–H and O–H groups in total. The van der Waals surface area contributed by atoms with Crippen molar-refractivity contribution in [2.24, 2.45) is 0 Å². The maximum absolute atomic E-state index is 13.4. The van der Waals surface area contributed by atoms with Crippen molar-refractivity contribution in [1.29, 1.82) is 0 Å². The largest absolute Gasteiger partial charge is 0.468 e. The van der Waals surface area contributed by atoms with Crippen molar-refractivity contribution < 1.29 is 19.1 Å². The highest BCUT2D eigenvalue weighted by Gasteiger charge is 2.21. The minimum atomic E-state index is -0.473. The van der Waals surface area contributed by atoms with Gasteiger partial charge in [-0.3, -0.25) is 14.4 Å². The van der Waals surface area contributed by atoms with Gasteiger partial charge in [0.15, 0.2) is 0 Å². The minimum Gasteiger partial charge on any atom is -0.468 e. The molecule has 2 amide bonds. The average molecular weight is 531 g/mol. The van der Waals surface area contributed by atoms with E-state index in [1.165, 1.54) is 7.11 Å². The molecule has 0 aliphatic carbocycles. The Balaban J connectivity index is 1.78. The first-order chi connectivity index (χ1) is 18.8. The number of esters is 1. The third-order valence-corrected chi connectivity index (χ3v) is 6.56. The maximum atomic E-state index is 13.4. The quantitative estimate of drug-likeness (QED) is 0.248. The molecule has 0 fully saturated rings. The molecular formula is C31H38N4O4. The second kappa shape index (κ2) is 14.7. The zero-order valence-electron chi connectivity index (χ0n) is 23.0. The lowest BCUT2D eigenvalue weighted by Gasteiger charge is -2.23. The second-order valence-corrected chi connectivity index (χ2v) is 9.41. The summed E-state index contributed by atoms with van der Waals surface area (Å²) in [6.07, 6.45) is 1.12. The van der Waals surface area contributed by atoms with Crippen LogP contribution in [0.1, 0.15) is 58.2 Å². The number of hydrogen-bond acceptors (Lipinski definition) is 6. The van der Waals surface area contributed by atoms with Gasteiger partial charge in [-0.05, 0) is 49.1 Å². The van der Waals surface area contributed by atoms with Crippen LogP contribution in [0.2, 0.25) is 0 Å². The summed E-state index contributed by atoms with van der Waals surface area (Å²) in [6.45, 7) is 4.18. The number of nitrogens with one attached hydrogen (secondary N) is 4. The van der Waals surface area contributed by atoms with Gasteiger partial charge in [0.05, 0.1) is 13.2 Å². The fourth-order valence-corrected chi connectivity index (χ4v) is 4.30. The van der Waals surface area contributed by atoms with Gasteiger partial charge in [-0.15, -0.1) is 0 Å². The van der Waals surface area contributed by atoms with E-state index in [2.05, 4.69) is 21.3 Å². The van der Waals surface area contributed by atoms with Crippen LogP contribution in [0.15, 0.2) is 78.9 Å². The molecule has 0 radical (unpaired) electrons. The van der Waals surface area contributed by atoms with Gasteiger partial charge in [0, 0.05) is 36.4 Å². The number of methoxy groups -OCH3 is 1. The fourth-order valence-electron chi connectivity index (χ4n) is 4.30. The normalized spacial score (nSPS) is 13.0. The molecule has 0 aromatic heterocycles. The Bertz CT molecular complexity index is 1230. The Morgan fingerprint density at radius 1 is 0.846 bits per heavy atom. The molecule has 0 saturated heterocycles. The summed E-state index contributed by atoms with van der Waals surface area (Å²) in [4.78, 5) is 38.6. The molecule has 3 atom stereocenters. The average Bonchev–Trinajstić information content (AvgIpc) is 2.97. The van der Waals surface area contributed by atoms with Crippen molar-refractivity contribution in [3.63, 3.8) is 0 Å². The van der Waals surface area contributed by atoms with Crippen LogP contribution in [0.5, 0.6) is 0 Å². The van der Waals surface area contributed by atoms with Crippen LogP contribution in [0.25, 0.3) is 0 Å². The van der Waals surface area contributed by atoms with E-state index in [0.29, 0.717) is 36.2 Å². The van der Waals surface area contributed by atoms with Gasteiger partial charge in [0.25, 0.3) is 11.8 Å². The van der Waals surface area contributed by atoms with E-state index < -0.39 is 6.04 Å². The van der Waals surface area contributed by atoms with Gasteiger partial charge in [0.2, 0.25) is 0 Å². The molecule has 3 aromatic rings. The molecule has 0 bridgehead atoms. The van der Waals surface area contributed by atoms with Crippen LogP contribution in [0.3, 0.4) is 0 Å². The molecule has 0 aliphatic heterocycles. The number of ether oxygens (including phenoxy) is 1. The molecule has 3 aromatic carbocycles. The van der Waals surface area contributed by atoms with E-state index in [9.17, 15) is 14.4 Å². The fraction of sp³-hybridized carbons (Fsp3) is 0.323. The third kappa shape index (κ3) is 8.68. The van der Waals surface area contributed by atoms with Gasteiger partial charge in [-0.2, -0.15) is 0 Å². The van der Waals surface area contributed by atoms with Crippen molar-refractivity contribution in [1.82, 2.24) is 16.0 Å². The molecule has 39 heavy (non-hydrogen) atoms. The van der Waals surface area contributed by atoms with Crippen LogP contribution in [-0.2, 0) is 16.0 Å². The van der Waals surface area contributed by atoms with Crippen molar-refractivity contribution in [3.8, 4) is 0 Å². The van der Waals surface area contributed by atoms with Crippen LogP contribution in [0.4, 0.5) is 5.69 Å². The second-order valence-electron chi connectivity index (χ2n) is 9.41. The molecule has 0 unspecified atom stereocenters. The van der Waals surface area contributed by atoms with Crippen LogP contribution in [0, 0.1) is 0 Å². The monoisotopic (exact) mass is 530 g/mol. The van der Waals surface area contributed by atoms with Crippen molar-refractivity contribution in [2.45, 2.75) is 44.8 Å². The molecule has 3 rings (SSSR count). The zero-order chi connectivity index (χ0) is 28.2. The number of anilines is 1. The predicted molar refractivity (Wildman–Crippen MR) is 154 cm³/mol. The predicted octanol–water partition coefficient (Wildman–Crippen LogP) is 4.10. The highest BCUT2D eigenvalue weighted by molar-refractivity contribution is 6.01. The zero-order valence-corrected chi connectivity index (χ0v) is 23.0. The summed E-state index contributed by atoms with van der Waals surface area (Å²) in [5.74, 6) is -0.931. The summed E-state index contributed by atoms with van der Waals surface area (Å²) < 4.78 is 4.89. The number of rotatable bonds is 13. The van der Waals surface area contributed by atoms with E-state index >= 15 is 0 Å². The SMILES string of the molecule is CC[C@H](NC[C@H](Cc1ccccc1)NC(=O)c1cc(NC)cc(C(=O)N[C@H](C)c2ccccc2)c1)C(=O)OC. The highest BCUT2D eigenvalue weighted by Crippen LogP contribution is 2.18. The van der Waals surface area contributed by atoms with Gasteiger partial charge < -0.3 is 26.0 Å². The lowest BCUT2D eigenvalue weighted by Crippen LogP contribution is -2.48. The number of hydrogen-bond donors (Lipinski definition) is 4. The molecule has 206 valence electrons. The van der Waals surface area contributed by atoms with Gasteiger partial charge in [-0.1, -0.05) is 67.6 Å². The van der Waals surface area contributed by atoms with E-state index in [-0.39, 0.29) is 29.9 Å². The molecule has 8 heteroatoms. The number of carbonyl (C=O) groups is 3. The van der Waals surface area contributed by atoms with Crippen LogP contribution < -0.4 is 21.3 Å².